The molecule has 3 rings (SSSR count). The van der Waals surface area contributed by atoms with Gasteiger partial charge in [0.05, 0.1) is 12.3 Å². The molecule has 0 fully saturated rings. The van der Waals surface area contributed by atoms with Gasteiger partial charge in [-0.3, -0.25) is 4.79 Å². The average molecular weight is 341 g/mol. The molecule has 0 spiro atoms. The van der Waals surface area contributed by atoms with Gasteiger partial charge in [-0.25, -0.2) is 4.79 Å². The van der Waals surface area contributed by atoms with Crippen LogP contribution in [-0.2, 0) is 11.2 Å². The summed E-state index contributed by atoms with van der Waals surface area (Å²) in [7, 11) is 0. The van der Waals surface area contributed by atoms with Crippen LogP contribution in [0.3, 0.4) is 0 Å². The zero-order valence-corrected chi connectivity index (χ0v) is 14.3. The fourth-order valence-corrected chi connectivity index (χ4v) is 2.77. The summed E-state index contributed by atoms with van der Waals surface area (Å²) in [4.78, 5) is 27.3. The van der Waals surface area contributed by atoms with Crippen LogP contribution in [0.5, 0.6) is 5.88 Å². The number of fused-ring (bicyclic) bond motifs is 1. The van der Waals surface area contributed by atoms with Gasteiger partial charge in [-0.15, -0.1) is 0 Å². The zero-order chi connectivity index (χ0) is 18.1. The molecule has 0 aliphatic heterocycles. The van der Waals surface area contributed by atoms with Crippen molar-refractivity contribution in [3.8, 4) is 17.0 Å². The van der Waals surface area contributed by atoms with Crippen LogP contribution in [0.2, 0.25) is 0 Å². The summed E-state index contributed by atoms with van der Waals surface area (Å²) in [5, 5.41) is 14.5. The maximum Gasteiger partial charge on any atom is 0.349 e. The van der Waals surface area contributed by atoms with E-state index in [4.69, 9.17) is 4.74 Å². The molecule has 130 valence electrons. The van der Waals surface area contributed by atoms with Crippen LogP contribution in [-0.4, -0.2) is 32.3 Å². The van der Waals surface area contributed by atoms with Gasteiger partial charge in [0.2, 0.25) is 5.88 Å². The Morgan fingerprint density at radius 3 is 2.56 bits per heavy atom. The molecule has 0 atom stereocenters. The maximum atomic E-state index is 12.7. The van der Waals surface area contributed by atoms with Crippen molar-refractivity contribution >= 4 is 11.6 Å². The molecule has 0 bridgehead atoms. The summed E-state index contributed by atoms with van der Waals surface area (Å²) in [5.74, 6) is -1.40. The van der Waals surface area contributed by atoms with Gasteiger partial charge >= 0.3 is 5.97 Å². The quantitative estimate of drug-likeness (QED) is 0.711. The van der Waals surface area contributed by atoms with Crippen molar-refractivity contribution in [2.75, 3.05) is 6.61 Å². The number of H-pyrrole nitrogens is 1. The molecule has 1 aromatic carbocycles. The monoisotopic (exact) mass is 341 g/mol. The van der Waals surface area contributed by atoms with Gasteiger partial charge in [0.15, 0.2) is 5.56 Å². The molecule has 0 amide bonds. The third kappa shape index (κ3) is 2.77. The first kappa shape index (κ1) is 16.8. The lowest BCUT2D eigenvalue weighted by Crippen LogP contribution is -2.25. The Balaban J connectivity index is 2.31. The minimum atomic E-state index is -0.881. The molecule has 7 heteroatoms. The van der Waals surface area contributed by atoms with E-state index < -0.39 is 23.0 Å². The molecule has 3 aromatic rings. The molecule has 0 aliphatic carbocycles. The van der Waals surface area contributed by atoms with Gasteiger partial charge < -0.3 is 14.8 Å². The number of aryl methyl sites for hydroxylation is 2. The van der Waals surface area contributed by atoms with Gasteiger partial charge in [-0.1, -0.05) is 36.8 Å². The second-order valence-electron chi connectivity index (χ2n) is 5.68. The first-order chi connectivity index (χ1) is 12.0. The van der Waals surface area contributed by atoms with Gasteiger partial charge in [0.25, 0.3) is 5.56 Å². The number of nitrogens with zero attached hydrogens (tertiary/aromatic N) is 2. The smallest absolute Gasteiger partial charge is 0.349 e. The van der Waals surface area contributed by atoms with Gasteiger partial charge in [-0.2, -0.15) is 9.61 Å². The fraction of sp³-hybridized carbons (Fsp3) is 0.278. The highest BCUT2D eigenvalue weighted by molar-refractivity contribution is 5.92. The molecule has 0 radical (unpaired) electrons. The normalized spacial score (nSPS) is 11.0. The summed E-state index contributed by atoms with van der Waals surface area (Å²) in [5.41, 5.74) is 2.59. The Kier molecular flexibility index (Phi) is 4.31. The van der Waals surface area contributed by atoms with E-state index >= 15 is 0 Å². The van der Waals surface area contributed by atoms with Crippen LogP contribution >= 0.6 is 0 Å². The first-order valence-corrected chi connectivity index (χ1v) is 8.08. The van der Waals surface area contributed by atoms with Crippen LogP contribution in [0.25, 0.3) is 16.8 Å². The number of rotatable bonds is 4. The second-order valence-corrected chi connectivity index (χ2v) is 5.68. The largest absolute Gasteiger partial charge is 0.494 e. The number of nitrogens with one attached hydrogen (secondary N) is 1. The number of carbonyl (C=O) groups excluding carboxylic acids is 1. The van der Waals surface area contributed by atoms with Crippen LogP contribution in [0.4, 0.5) is 0 Å². The lowest BCUT2D eigenvalue weighted by molar-refractivity contribution is 0.0519. The van der Waals surface area contributed by atoms with E-state index in [2.05, 4.69) is 10.1 Å². The molecular weight excluding hydrogens is 322 g/mol. The number of aromatic nitrogens is 3. The standard InChI is InChI=1S/C18H19N3O4/c1-4-12-13(11-8-6-10(3)7-9-11)15-19-16(22)14(18(24)25-5-2)17(23)21(15)20-12/h6-9,19,22H,4-5H2,1-3H3. The molecular formula is C18H19N3O4. The summed E-state index contributed by atoms with van der Waals surface area (Å²) in [6.07, 6.45) is 0.591. The summed E-state index contributed by atoms with van der Waals surface area (Å²) in [6, 6.07) is 7.78. The Morgan fingerprint density at radius 1 is 1.28 bits per heavy atom. The minimum absolute atomic E-state index is 0.101. The van der Waals surface area contributed by atoms with Crippen molar-refractivity contribution in [3.63, 3.8) is 0 Å². The van der Waals surface area contributed by atoms with E-state index in [0.29, 0.717) is 17.8 Å². The Hall–Kier alpha value is -3.09. The van der Waals surface area contributed by atoms with Crippen molar-refractivity contribution in [2.24, 2.45) is 0 Å². The Labute approximate surface area is 143 Å². The molecule has 2 aromatic heterocycles. The maximum absolute atomic E-state index is 12.7. The van der Waals surface area contributed by atoms with Crippen molar-refractivity contribution in [1.29, 1.82) is 0 Å². The van der Waals surface area contributed by atoms with E-state index in [9.17, 15) is 14.7 Å². The van der Waals surface area contributed by atoms with Crippen LogP contribution in [0.15, 0.2) is 29.1 Å². The zero-order valence-electron chi connectivity index (χ0n) is 14.3. The highest BCUT2D eigenvalue weighted by atomic mass is 16.5. The Bertz CT molecular complexity index is 1000. The van der Waals surface area contributed by atoms with E-state index in [0.717, 1.165) is 21.2 Å². The van der Waals surface area contributed by atoms with Gasteiger partial charge in [0, 0.05) is 5.56 Å². The van der Waals surface area contributed by atoms with E-state index in [1.165, 1.54) is 0 Å². The van der Waals surface area contributed by atoms with Gasteiger partial charge in [0.1, 0.15) is 5.65 Å². The van der Waals surface area contributed by atoms with E-state index in [1.54, 1.807) is 6.92 Å². The number of carbonyl (C=O) groups is 1. The topological polar surface area (TPSA) is 96.7 Å². The lowest BCUT2D eigenvalue weighted by Gasteiger charge is -2.06. The van der Waals surface area contributed by atoms with Crippen molar-refractivity contribution < 1.29 is 14.6 Å². The van der Waals surface area contributed by atoms with Gasteiger partial charge in [-0.05, 0) is 25.8 Å². The van der Waals surface area contributed by atoms with E-state index in [-0.39, 0.29) is 6.61 Å². The first-order valence-electron chi connectivity index (χ1n) is 8.08. The van der Waals surface area contributed by atoms with Crippen molar-refractivity contribution in [1.82, 2.24) is 14.6 Å². The molecule has 0 aliphatic rings. The predicted molar refractivity (Wildman–Crippen MR) is 93.0 cm³/mol. The molecule has 25 heavy (non-hydrogen) atoms. The van der Waals surface area contributed by atoms with Crippen molar-refractivity contribution in [2.45, 2.75) is 27.2 Å². The molecule has 2 N–H and O–H groups in total. The third-order valence-corrected chi connectivity index (χ3v) is 3.99. The number of hydrogen-bond acceptors (Lipinski definition) is 5. The Morgan fingerprint density at radius 2 is 1.96 bits per heavy atom. The second kappa shape index (κ2) is 6.43. The molecule has 0 saturated carbocycles. The van der Waals surface area contributed by atoms with Crippen LogP contribution in [0.1, 0.15) is 35.5 Å². The highest BCUT2D eigenvalue weighted by Crippen LogP contribution is 2.29. The molecule has 0 saturated heterocycles. The minimum Gasteiger partial charge on any atom is -0.494 e. The summed E-state index contributed by atoms with van der Waals surface area (Å²) >= 11 is 0. The molecule has 0 unspecified atom stereocenters. The highest BCUT2D eigenvalue weighted by Gasteiger charge is 2.24. The van der Waals surface area contributed by atoms with Crippen LogP contribution < -0.4 is 5.56 Å². The number of ether oxygens (including phenoxy) is 1. The fourth-order valence-electron chi connectivity index (χ4n) is 2.77. The third-order valence-electron chi connectivity index (χ3n) is 3.99. The SMILES string of the molecule is CCOC(=O)c1c(O)[nH]c2c(-c3ccc(C)cc3)c(CC)nn2c1=O. The molecule has 7 nitrogen and oxygen atoms in total. The van der Waals surface area contributed by atoms with E-state index in [1.807, 2.05) is 38.1 Å². The van der Waals surface area contributed by atoms with Crippen LogP contribution in [0, 0.1) is 6.92 Å². The van der Waals surface area contributed by atoms with Crippen molar-refractivity contribution in [3.05, 3.63) is 51.4 Å². The number of benzene rings is 1. The number of hydrogen-bond donors (Lipinski definition) is 2. The number of esters is 1. The molecule has 2 heterocycles. The number of aromatic amines is 1. The predicted octanol–water partition coefficient (Wildman–Crippen LogP) is 2.44. The number of aromatic hydroxyl groups is 1. The lowest BCUT2D eigenvalue weighted by atomic mass is 10.0. The average Bonchev–Trinajstić information content (AvgIpc) is 2.94. The summed E-state index contributed by atoms with van der Waals surface area (Å²) < 4.78 is 5.95. The summed E-state index contributed by atoms with van der Waals surface area (Å²) in [6.45, 7) is 5.64.